The number of aryl methyl sites for hydroxylation is 1. The van der Waals surface area contributed by atoms with Gasteiger partial charge >= 0.3 is 0 Å². The van der Waals surface area contributed by atoms with Crippen molar-refractivity contribution in [3.8, 4) is 5.75 Å². The number of benzene rings is 1. The average Bonchev–Trinajstić information content (AvgIpc) is 2.40. The lowest BCUT2D eigenvalue weighted by Crippen LogP contribution is -2.16. The van der Waals surface area contributed by atoms with Crippen LogP contribution in [0, 0.1) is 6.92 Å². The van der Waals surface area contributed by atoms with E-state index in [9.17, 15) is 9.90 Å². The van der Waals surface area contributed by atoms with Crippen molar-refractivity contribution in [1.29, 1.82) is 0 Å². The number of nitrogens with zero attached hydrogens (tertiary/aromatic N) is 3. The highest BCUT2D eigenvalue weighted by molar-refractivity contribution is 6.01. The van der Waals surface area contributed by atoms with E-state index in [1.165, 1.54) is 0 Å². The third kappa shape index (κ3) is 2.95. The van der Waals surface area contributed by atoms with Crippen molar-refractivity contribution in [3.63, 3.8) is 0 Å². The second-order valence-electron chi connectivity index (χ2n) is 3.91. The van der Waals surface area contributed by atoms with E-state index >= 15 is 0 Å². The Hall–Kier alpha value is -2.70. The molecule has 3 N–H and O–H groups in total. The number of aromatic hydroxyl groups is 1. The van der Waals surface area contributed by atoms with Crippen molar-refractivity contribution in [2.75, 3.05) is 5.43 Å². The lowest BCUT2D eigenvalue weighted by Gasteiger charge is -2.04. The number of hydrogen-bond acceptors (Lipinski definition) is 6. The number of H-pyrrole nitrogens is 1. The van der Waals surface area contributed by atoms with Gasteiger partial charge in [0.15, 0.2) is 0 Å². The van der Waals surface area contributed by atoms with Crippen molar-refractivity contribution < 1.29 is 5.11 Å². The van der Waals surface area contributed by atoms with Crippen LogP contribution in [-0.4, -0.2) is 26.0 Å². The van der Waals surface area contributed by atoms with Crippen LogP contribution in [0.3, 0.4) is 0 Å². The maximum absolute atomic E-state index is 11.3. The lowest BCUT2D eigenvalue weighted by atomic mass is 10.1. The highest BCUT2D eigenvalue weighted by Crippen LogP contribution is 2.16. The quantitative estimate of drug-likeness (QED) is 0.564. The van der Waals surface area contributed by atoms with Crippen LogP contribution in [0.15, 0.2) is 34.2 Å². The smallest absolute Gasteiger partial charge is 0.274 e. The van der Waals surface area contributed by atoms with Gasteiger partial charge in [-0.1, -0.05) is 12.1 Å². The maximum atomic E-state index is 11.3. The minimum atomic E-state index is -0.326. The summed E-state index contributed by atoms with van der Waals surface area (Å²) in [6, 6.07) is 6.82. The number of aromatic nitrogens is 3. The van der Waals surface area contributed by atoms with Gasteiger partial charge in [-0.3, -0.25) is 9.78 Å². The predicted molar refractivity (Wildman–Crippen MR) is 71.3 cm³/mol. The van der Waals surface area contributed by atoms with Gasteiger partial charge in [0.05, 0.1) is 5.71 Å². The molecule has 7 heteroatoms. The number of hydrazone groups is 1. The first-order chi connectivity index (χ1) is 9.08. The van der Waals surface area contributed by atoms with Gasteiger partial charge in [-0.05, 0) is 26.0 Å². The number of aromatic amines is 1. The Balaban J connectivity index is 2.21. The molecule has 0 bridgehead atoms. The molecule has 0 aliphatic heterocycles. The van der Waals surface area contributed by atoms with Crippen LogP contribution in [0.4, 0.5) is 5.95 Å². The third-order valence-corrected chi connectivity index (χ3v) is 2.48. The van der Waals surface area contributed by atoms with Crippen molar-refractivity contribution >= 4 is 11.7 Å². The summed E-state index contributed by atoms with van der Waals surface area (Å²) in [4.78, 5) is 13.8. The van der Waals surface area contributed by atoms with E-state index in [-0.39, 0.29) is 23.0 Å². The average molecular weight is 259 g/mol. The summed E-state index contributed by atoms with van der Waals surface area (Å²) in [7, 11) is 0. The molecule has 0 saturated heterocycles. The summed E-state index contributed by atoms with van der Waals surface area (Å²) in [6.45, 7) is 3.29. The summed E-state index contributed by atoms with van der Waals surface area (Å²) < 4.78 is 0. The number of nitrogens with one attached hydrogen (secondary N) is 2. The summed E-state index contributed by atoms with van der Waals surface area (Å²) in [5.74, 6) is 0.277. The molecule has 0 amide bonds. The zero-order valence-electron chi connectivity index (χ0n) is 10.5. The zero-order valence-corrected chi connectivity index (χ0v) is 10.5. The Morgan fingerprint density at radius 1 is 1.37 bits per heavy atom. The van der Waals surface area contributed by atoms with Crippen LogP contribution in [0.1, 0.15) is 18.2 Å². The highest BCUT2D eigenvalue weighted by atomic mass is 16.3. The van der Waals surface area contributed by atoms with Gasteiger partial charge in [0.1, 0.15) is 11.4 Å². The molecule has 0 unspecified atom stereocenters. The zero-order chi connectivity index (χ0) is 13.8. The fourth-order valence-electron chi connectivity index (χ4n) is 1.42. The van der Waals surface area contributed by atoms with Gasteiger partial charge in [0.2, 0.25) is 5.95 Å². The minimum Gasteiger partial charge on any atom is -0.507 e. The lowest BCUT2D eigenvalue weighted by molar-refractivity contribution is 0.474. The Morgan fingerprint density at radius 3 is 2.79 bits per heavy atom. The molecule has 19 heavy (non-hydrogen) atoms. The fourth-order valence-corrected chi connectivity index (χ4v) is 1.42. The normalized spacial score (nSPS) is 11.4. The minimum absolute atomic E-state index is 0.133. The van der Waals surface area contributed by atoms with Crippen molar-refractivity contribution in [2.24, 2.45) is 5.10 Å². The van der Waals surface area contributed by atoms with Crippen LogP contribution >= 0.6 is 0 Å². The monoisotopic (exact) mass is 259 g/mol. The number of para-hydroxylation sites is 1. The second kappa shape index (κ2) is 5.30. The largest absolute Gasteiger partial charge is 0.507 e. The van der Waals surface area contributed by atoms with E-state index in [4.69, 9.17) is 0 Å². The topological polar surface area (TPSA) is 103 Å². The van der Waals surface area contributed by atoms with Gasteiger partial charge in [-0.2, -0.15) is 5.10 Å². The predicted octanol–water partition coefficient (Wildman–Crippen LogP) is 1.02. The maximum Gasteiger partial charge on any atom is 0.274 e. The number of rotatable bonds is 3. The molecule has 7 nitrogen and oxygen atoms in total. The summed E-state index contributed by atoms with van der Waals surface area (Å²) >= 11 is 0. The first-order valence-corrected chi connectivity index (χ1v) is 5.60. The Morgan fingerprint density at radius 2 is 2.11 bits per heavy atom. The van der Waals surface area contributed by atoms with Crippen LogP contribution < -0.4 is 11.0 Å². The Bertz CT molecular complexity index is 678. The molecule has 2 rings (SSSR count). The molecule has 0 aliphatic rings. The van der Waals surface area contributed by atoms with Crippen molar-refractivity contribution in [1.82, 2.24) is 15.2 Å². The van der Waals surface area contributed by atoms with E-state index < -0.39 is 0 Å². The van der Waals surface area contributed by atoms with Crippen LogP contribution in [-0.2, 0) is 0 Å². The van der Waals surface area contributed by atoms with Gasteiger partial charge in [0.25, 0.3) is 5.56 Å². The van der Waals surface area contributed by atoms with Crippen LogP contribution in [0.25, 0.3) is 0 Å². The molecule has 0 saturated carbocycles. The molecular weight excluding hydrogens is 246 g/mol. The summed E-state index contributed by atoms with van der Waals surface area (Å²) in [6.07, 6.45) is 0. The summed E-state index contributed by atoms with van der Waals surface area (Å²) in [5, 5.41) is 21.1. The van der Waals surface area contributed by atoms with Crippen LogP contribution in [0.2, 0.25) is 0 Å². The van der Waals surface area contributed by atoms with Gasteiger partial charge in [0, 0.05) is 5.56 Å². The molecule has 1 aromatic carbocycles. The third-order valence-electron chi connectivity index (χ3n) is 2.48. The van der Waals surface area contributed by atoms with E-state index in [0.717, 1.165) is 0 Å². The summed E-state index contributed by atoms with van der Waals surface area (Å²) in [5.41, 5.74) is 3.70. The fraction of sp³-hybridized carbons (Fsp3) is 0.167. The molecule has 0 spiro atoms. The Kier molecular flexibility index (Phi) is 3.56. The van der Waals surface area contributed by atoms with E-state index in [2.05, 4.69) is 25.7 Å². The highest BCUT2D eigenvalue weighted by Gasteiger charge is 2.04. The van der Waals surface area contributed by atoms with Gasteiger partial charge in [-0.25, -0.2) is 5.43 Å². The number of phenols is 1. The number of anilines is 1. The Labute approximate surface area is 109 Å². The molecular formula is C12H13N5O2. The van der Waals surface area contributed by atoms with E-state index in [1.807, 2.05) is 0 Å². The van der Waals surface area contributed by atoms with Crippen LogP contribution in [0.5, 0.6) is 5.75 Å². The van der Waals surface area contributed by atoms with E-state index in [1.54, 1.807) is 38.1 Å². The molecule has 0 atom stereocenters. The molecule has 0 radical (unpaired) electrons. The van der Waals surface area contributed by atoms with Crippen molar-refractivity contribution in [3.05, 3.63) is 45.9 Å². The van der Waals surface area contributed by atoms with E-state index in [0.29, 0.717) is 11.3 Å². The number of phenolic OH excluding ortho intramolecular Hbond substituents is 1. The number of hydrogen-bond donors (Lipinski definition) is 3. The standard InChI is InChI=1S/C12H13N5O2/c1-7(9-5-3-4-6-10(9)18)14-16-12-13-11(19)8(2)15-17-12/h3-6,18H,1-2H3,(H2,13,16,17,19)/b14-7+. The molecule has 0 fully saturated rings. The molecule has 1 heterocycles. The molecule has 1 aromatic heterocycles. The second-order valence-corrected chi connectivity index (χ2v) is 3.91. The SMILES string of the molecule is C/C(=N\Nc1nnc(C)c(=O)[nH]1)c1ccccc1O. The first kappa shape index (κ1) is 12.7. The molecule has 2 aromatic rings. The van der Waals surface area contributed by atoms with Gasteiger partial charge < -0.3 is 5.11 Å². The molecule has 0 aliphatic carbocycles. The first-order valence-electron chi connectivity index (χ1n) is 5.60. The molecule has 98 valence electrons. The van der Waals surface area contributed by atoms with Crippen molar-refractivity contribution in [2.45, 2.75) is 13.8 Å². The van der Waals surface area contributed by atoms with Gasteiger partial charge in [-0.15, -0.1) is 10.2 Å².